The molecule has 0 heterocycles. The van der Waals surface area contributed by atoms with Crippen LogP contribution in [-0.4, -0.2) is 6.10 Å². The molecule has 0 amide bonds. The van der Waals surface area contributed by atoms with Gasteiger partial charge < -0.3 is 4.74 Å². The van der Waals surface area contributed by atoms with Crippen LogP contribution < -0.4 is 4.74 Å². The van der Waals surface area contributed by atoms with Gasteiger partial charge >= 0.3 is 0 Å². The number of hydrogen-bond acceptors (Lipinski definition) is 2. The minimum atomic E-state index is 0.0455. The fraction of sp³-hybridized carbons (Fsp3) is 0.188. The molecule has 2 aromatic carbocycles. The van der Waals surface area contributed by atoms with Gasteiger partial charge in [-0.15, -0.1) is 0 Å². The number of nitriles is 1. The molecule has 0 unspecified atom stereocenters. The minimum absolute atomic E-state index is 0.0455. The van der Waals surface area contributed by atoms with E-state index in [-0.39, 0.29) is 6.10 Å². The Morgan fingerprint density at radius 2 is 1.84 bits per heavy atom. The van der Waals surface area contributed by atoms with Gasteiger partial charge in [-0.3, -0.25) is 0 Å². The summed E-state index contributed by atoms with van der Waals surface area (Å²) in [5.74, 6) is 0.614. The Kier molecular flexibility index (Phi) is 4.09. The highest BCUT2D eigenvalue weighted by atomic mass is 35.5. The number of ether oxygens (including phenoxy) is 1. The molecule has 0 saturated carbocycles. The maximum Gasteiger partial charge on any atom is 0.137 e. The quantitative estimate of drug-likeness (QED) is 0.813. The van der Waals surface area contributed by atoms with Crippen LogP contribution in [0.2, 0.25) is 5.02 Å². The van der Waals surface area contributed by atoms with Crippen molar-refractivity contribution in [2.24, 2.45) is 0 Å². The second-order valence-corrected chi connectivity index (χ2v) is 4.94. The van der Waals surface area contributed by atoms with Crippen LogP contribution in [0.15, 0.2) is 42.5 Å². The Morgan fingerprint density at radius 1 is 1.11 bits per heavy atom. The molecule has 2 aromatic rings. The van der Waals surface area contributed by atoms with Gasteiger partial charge in [0.1, 0.15) is 11.8 Å². The lowest BCUT2D eigenvalue weighted by Crippen LogP contribution is -2.06. The van der Waals surface area contributed by atoms with E-state index in [1.165, 1.54) is 0 Å². The van der Waals surface area contributed by atoms with Crippen molar-refractivity contribution in [2.75, 3.05) is 0 Å². The lowest BCUT2D eigenvalue weighted by Gasteiger charge is -2.12. The molecule has 96 valence electrons. The zero-order chi connectivity index (χ0) is 13.8. The van der Waals surface area contributed by atoms with Gasteiger partial charge in [0.15, 0.2) is 0 Å². The van der Waals surface area contributed by atoms with Crippen molar-refractivity contribution in [1.82, 2.24) is 0 Å². The normalized spacial score (nSPS) is 10.3. The lowest BCUT2D eigenvalue weighted by atomic mass is 10.0. The highest BCUT2D eigenvalue weighted by Gasteiger charge is 2.08. The third kappa shape index (κ3) is 3.27. The fourth-order valence-electron chi connectivity index (χ4n) is 1.82. The molecule has 0 radical (unpaired) electrons. The highest BCUT2D eigenvalue weighted by Crippen LogP contribution is 2.28. The summed E-state index contributed by atoms with van der Waals surface area (Å²) in [4.78, 5) is 0. The summed E-state index contributed by atoms with van der Waals surface area (Å²) in [6, 6.07) is 15.3. The van der Waals surface area contributed by atoms with E-state index < -0.39 is 0 Å². The van der Waals surface area contributed by atoms with Crippen LogP contribution in [0.5, 0.6) is 5.75 Å². The summed E-state index contributed by atoms with van der Waals surface area (Å²) in [6.07, 6.45) is 0.0455. The molecule has 0 aromatic heterocycles. The summed E-state index contributed by atoms with van der Waals surface area (Å²) in [7, 11) is 0. The SMILES string of the molecule is CC(C)Oc1ccc(-c2cccc(Cl)c2)cc1C#N. The van der Waals surface area contributed by atoms with E-state index in [9.17, 15) is 5.26 Å². The van der Waals surface area contributed by atoms with E-state index in [4.69, 9.17) is 16.3 Å². The first-order valence-corrected chi connectivity index (χ1v) is 6.44. The maximum absolute atomic E-state index is 9.20. The highest BCUT2D eigenvalue weighted by molar-refractivity contribution is 6.30. The van der Waals surface area contributed by atoms with Crippen molar-refractivity contribution in [3.8, 4) is 22.9 Å². The summed E-state index contributed by atoms with van der Waals surface area (Å²) >= 11 is 5.98. The second-order valence-electron chi connectivity index (χ2n) is 4.50. The molecule has 0 aliphatic carbocycles. The van der Waals surface area contributed by atoms with Gasteiger partial charge in [-0.2, -0.15) is 5.26 Å². The Labute approximate surface area is 118 Å². The van der Waals surface area contributed by atoms with Gasteiger partial charge in [0.25, 0.3) is 0 Å². The van der Waals surface area contributed by atoms with E-state index in [0.29, 0.717) is 16.3 Å². The molecule has 0 atom stereocenters. The van der Waals surface area contributed by atoms with E-state index in [1.54, 1.807) is 0 Å². The minimum Gasteiger partial charge on any atom is -0.490 e. The first kappa shape index (κ1) is 13.5. The van der Waals surface area contributed by atoms with Crippen LogP contribution in [0.25, 0.3) is 11.1 Å². The zero-order valence-corrected chi connectivity index (χ0v) is 11.6. The van der Waals surface area contributed by atoms with Gasteiger partial charge in [0.2, 0.25) is 0 Å². The molecule has 0 spiro atoms. The van der Waals surface area contributed by atoms with Crippen LogP contribution in [0.1, 0.15) is 19.4 Å². The zero-order valence-electron chi connectivity index (χ0n) is 10.9. The molecule has 0 bridgehead atoms. The summed E-state index contributed by atoms with van der Waals surface area (Å²) in [5.41, 5.74) is 2.47. The molecule has 0 saturated heterocycles. The van der Waals surface area contributed by atoms with E-state index in [2.05, 4.69) is 6.07 Å². The molecule has 0 N–H and O–H groups in total. The lowest BCUT2D eigenvalue weighted by molar-refractivity contribution is 0.242. The van der Waals surface area contributed by atoms with E-state index >= 15 is 0 Å². The maximum atomic E-state index is 9.20. The van der Waals surface area contributed by atoms with Crippen LogP contribution in [0, 0.1) is 11.3 Å². The van der Waals surface area contributed by atoms with Crippen molar-refractivity contribution < 1.29 is 4.74 Å². The topological polar surface area (TPSA) is 33.0 Å². The predicted molar refractivity (Wildman–Crippen MR) is 77.4 cm³/mol. The second kappa shape index (κ2) is 5.77. The number of benzene rings is 2. The fourth-order valence-corrected chi connectivity index (χ4v) is 2.01. The van der Waals surface area contributed by atoms with E-state index in [0.717, 1.165) is 11.1 Å². The molecule has 3 heteroatoms. The molecule has 0 aliphatic heterocycles. The van der Waals surface area contributed by atoms with Gasteiger partial charge in [-0.05, 0) is 49.2 Å². The third-order valence-electron chi connectivity index (χ3n) is 2.62. The smallest absolute Gasteiger partial charge is 0.137 e. The predicted octanol–water partition coefficient (Wildman–Crippen LogP) is 4.67. The Morgan fingerprint density at radius 3 is 2.47 bits per heavy atom. The van der Waals surface area contributed by atoms with Gasteiger partial charge in [0, 0.05) is 5.02 Å². The molecular formula is C16H14ClNO. The van der Waals surface area contributed by atoms with Crippen LogP contribution in [0.3, 0.4) is 0 Å². The van der Waals surface area contributed by atoms with Crippen molar-refractivity contribution in [2.45, 2.75) is 20.0 Å². The Bertz CT molecular complexity index is 629. The molecule has 0 fully saturated rings. The number of nitrogens with zero attached hydrogens (tertiary/aromatic N) is 1. The monoisotopic (exact) mass is 271 g/mol. The third-order valence-corrected chi connectivity index (χ3v) is 2.86. The molecule has 2 nitrogen and oxygen atoms in total. The molecule has 19 heavy (non-hydrogen) atoms. The Balaban J connectivity index is 2.42. The van der Waals surface area contributed by atoms with Crippen LogP contribution in [-0.2, 0) is 0 Å². The first-order valence-electron chi connectivity index (χ1n) is 6.07. The van der Waals surface area contributed by atoms with Gasteiger partial charge in [-0.1, -0.05) is 29.8 Å². The van der Waals surface area contributed by atoms with Crippen molar-refractivity contribution >= 4 is 11.6 Å². The van der Waals surface area contributed by atoms with Gasteiger partial charge in [-0.25, -0.2) is 0 Å². The van der Waals surface area contributed by atoms with Gasteiger partial charge in [0.05, 0.1) is 11.7 Å². The first-order chi connectivity index (χ1) is 9.10. The number of halogens is 1. The molecule has 2 rings (SSSR count). The standard InChI is InChI=1S/C16H14ClNO/c1-11(2)19-16-7-6-13(8-14(16)10-18)12-4-3-5-15(17)9-12/h3-9,11H,1-2H3. The molecular weight excluding hydrogens is 258 g/mol. The Hall–Kier alpha value is -1.98. The average molecular weight is 272 g/mol. The largest absolute Gasteiger partial charge is 0.490 e. The molecule has 0 aliphatic rings. The van der Waals surface area contributed by atoms with Crippen molar-refractivity contribution in [3.05, 3.63) is 53.1 Å². The summed E-state index contributed by atoms with van der Waals surface area (Å²) in [6.45, 7) is 3.87. The summed E-state index contributed by atoms with van der Waals surface area (Å²) < 4.78 is 5.60. The van der Waals surface area contributed by atoms with Crippen molar-refractivity contribution in [1.29, 1.82) is 5.26 Å². The van der Waals surface area contributed by atoms with Crippen molar-refractivity contribution in [3.63, 3.8) is 0 Å². The average Bonchev–Trinajstić information content (AvgIpc) is 2.38. The number of rotatable bonds is 3. The van der Waals surface area contributed by atoms with E-state index in [1.807, 2.05) is 56.3 Å². The summed E-state index contributed by atoms with van der Waals surface area (Å²) in [5, 5.41) is 9.88. The van der Waals surface area contributed by atoms with Crippen LogP contribution >= 0.6 is 11.6 Å². The number of hydrogen-bond donors (Lipinski definition) is 0. The van der Waals surface area contributed by atoms with Crippen LogP contribution in [0.4, 0.5) is 0 Å².